The summed E-state index contributed by atoms with van der Waals surface area (Å²) in [7, 11) is 0. The van der Waals surface area contributed by atoms with E-state index in [9.17, 15) is 13.2 Å². The monoisotopic (exact) mass is 250 g/mol. The van der Waals surface area contributed by atoms with Crippen molar-refractivity contribution < 1.29 is 13.2 Å². The van der Waals surface area contributed by atoms with Crippen LogP contribution < -0.4 is 4.90 Å². The number of rotatable bonds is 3. The zero-order chi connectivity index (χ0) is 11.8. The quantitative estimate of drug-likeness (QED) is 0.766. The average Bonchev–Trinajstić information content (AvgIpc) is 2.96. The maximum Gasteiger partial charge on any atom is 0.405 e. The Morgan fingerprint density at radius 1 is 1.44 bits per heavy atom. The molecular formula is C10H10ClF3N2. The highest BCUT2D eigenvalue weighted by atomic mass is 35.5. The van der Waals surface area contributed by atoms with Gasteiger partial charge in [-0.05, 0) is 25.0 Å². The lowest BCUT2D eigenvalue weighted by Crippen LogP contribution is -2.35. The van der Waals surface area contributed by atoms with E-state index < -0.39 is 12.7 Å². The predicted octanol–water partition coefficient (Wildman–Crippen LogP) is 3.27. The van der Waals surface area contributed by atoms with Gasteiger partial charge in [0.15, 0.2) is 0 Å². The summed E-state index contributed by atoms with van der Waals surface area (Å²) < 4.78 is 37.2. The molecule has 0 radical (unpaired) electrons. The SMILES string of the molecule is FC(F)(F)CN(c1ccnc(Cl)c1)C1CC1. The molecule has 0 spiro atoms. The maximum absolute atomic E-state index is 12.4. The third kappa shape index (κ3) is 3.01. The summed E-state index contributed by atoms with van der Waals surface area (Å²) in [5.74, 6) is 0. The second-order valence-corrected chi connectivity index (χ2v) is 4.20. The molecule has 1 saturated carbocycles. The van der Waals surface area contributed by atoms with Gasteiger partial charge in [-0.15, -0.1) is 0 Å². The van der Waals surface area contributed by atoms with Crippen molar-refractivity contribution in [2.75, 3.05) is 11.4 Å². The van der Waals surface area contributed by atoms with Gasteiger partial charge in [0.05, 0.1) is 0 Å². The molecule has 88 valence electrons. The van der Waals surface area contributed by atoms with Gasteiger partial charge in [0.1, 0.15) is 11.7 Å². The van der Waals surface area contributed by atoms with E-state index >= 15 is 0 Å². The van der Waals surface area contributed by atoms with E-state index in [2.05, 4.69) is 4.98 Å². The first-order valence-corrected chi connectivity index (χ1v) is 5.28. The molecule has 0 bridgehead atoms. The molecule has 0 aromatic carbocycles. The van der Waals surface area contributed by atoms with E-state index in [1.54, 1.807) is 6.07 Å². The summed E-state index contributed by atoms with van der Waals surface area (Å²) in [6.45, 7) is -0.933. The maximum atomic E-state index is 12.4. The second kappa shape index (κ2) is 4.13. The fraction of sp³-hybridized carbons (Fsp3) is 0.500. The van der Waals surface area contributed by atoms with E-state index in [-0.39, 0.29) is 11.2 Å². The van der Waals surface area contributed by atoms with Crippen molar-refractivity contribution in [2.24, 2.45) is 0 Å². The number of nitrogens with zero attached hydrogens (tertiary/aromatic N) is 2. The zero-order valence-corrected chi connectivity index (χ0v) is 9.09. The van der Waals surface area contributed by atoms with E-state index in [4.69, 9.17) is 11.6 Å². The first kappa shape index (κ1) is 11.5. The molecule has 0 amide bonds. The highest BCUT2D eigenvalue weighted by molar-refractivity contribution is 6.29. The van der Waals surface area contributed by atoms with E-state index in [1.165, 1.54) is 17.2 Å². The molecule has 1 fully saturated rings. The minimum Gasteiger partial charge on any atom is -0.359 e. The number of hydrogen-bond donors (Lipinski definition) is 0. The number of hydrogen-bond acceptors (Lipinski definition) is 2. The third-order valence-electron chi connectivity index (χ3n) is 2.38. The first-order valence-electron chi connectivity index (χ1n) is 4.91. The molecule has 0 N–H and O–H groups in total. The molecule has 16 heavy (non-hydrogen) atoms. The lowest BCUT2D eigenvalue weighted by molar-refractivity contribution is -0.120. The normalized spacial score (nSPS) is 16.2. The van der Waals surface area contributed by atoms with Gasteiger partial charge in [0.2, 0.25) is 0 Å². The molecular weight excluding hydrogens is 241 g/mol. The molecule has 1 aliphatic rings. The fourth-order valence-electron chi connectivity index (χ4n) is 1.58. The van der Waals surface area contributed by atoms with E-state index in [1.807, 2.05) is 0 Å². The Bertz CT molecular complexity index is 377. The summed E-state index contributed by atoms with van der Waals surface area (Å²) >= 11 is 5.67. The van der Waals surface area contributed by atoms with E-state index in [0.29, 0.717) is 5.69 Å². The smallest absolute Gasteiger partial charge is 0.359 e. The number of halogens is 4. The van der Waals surface area contributed by atoms with Gasteiger partial charge in [-0.2, -0.15) is 13.2 Å². The van der Waals surface area contributed by atoms with Gasteiger partial charge in [-0.25, -0.2) is 4.98 Å². The third-order valence-corrected chi connectivity index (χ3v) is 2.59. The van der Waals surface area contributed by atoms with Crippen LogP contribution in [0, 0.1) is 0 Å². The van der Waals surface area contributed by atoms with Crippen LogP contribution in [0.15, 0.2) is 18.3 Å². The molecule has 0 saturated heterocycles. The lowest BCUT2D eigenvalue weighted by Gasteiger charge is -2.25. The number of alkyl halides is 3. The molecule has 6 heteroatoms. The van der Waals surface area contributed by atoms with Gasteiger partial charge in [0.25, 0.3) is 0 Å². The molecule has 2 rings (SSSR count). The van der Waals surface area contributed by atoms with Crippen molar-refractivity contribution in [3.63, 3.8) is 0 Å². The fourth-order valence-corrected chi connectivity index (χ4v) is 1.75. The van der Waals surface area contributed by atoms with Crippen molar-refractivity contribution in [3.05, 3.63) is 23.5 Å². The van der Waals surface area contributed by atoms with Crippen LogP contribution in [0.4, 0.5) is 18.9 Å². The minimum absolute atomic E-state index is 0.0138. The van der Waals surface area contributed by atoms with Gasteiger partial charge in [0, 0.05) is 17.9 Å². The Morgan fingerprint density at radius 2 is 2.12 bits per heavy atom. The molecule has 0 unspecified atom stereocenters. The van der Waals surface area contributed by atoms with Crippen molar-refractivity contribution in [1.29, 1.82) is 0 Å². The Kier molecular flexibility index (Phi) is 2.97. The van der Waals surface area contributed by atoms with Gasteiger partial charge < -0.3 is 4.90 Å². The molecule has 1 aliphatic carbocycles. The number of pyridine rings is 1. The lowest BCUT2D eigenvalue weighted by atomic mass is 10.3. The van der Waals surface area contributed by atoms with Crippen LogP contribution in [0.1, 0.15) is 12.8 Å². The van der Waals surface area contributed by atoms with E-state index in [0.717, 1.165) is 12.8 Å². The summed E-state index contributed by atoms with van der Waals surface area (Å²) in [4.78, 5) is 5.10. The Morgan fingerprint density at radius 3 is 2.62 bits per heavy atom. The molecule has 0 atom stereocenters. The van der Waals surface area contributed by atoms with Crippen molar-refractivity contribution in [2.45, 2.75) is 25.1 Å². The second-order valence-electron chi connectivity index (χ2n) is 3.81. The molecule has 0 aliphatic heterocycles. The number of anilines is 1. The first-order chi connectivity index (χ1) is 7.46. The molecule has 1 aromatic rings. The minimum atomic E-state index is -4.20. The van der Waals surface area contributed by atoms with Gasteiger partial charge >= 0.3 is 6.18 Å². The Hall–Kier alpha value is -0.970. The largest absolute Gasteiger partial charge is 0.405 e. The van der Waals surface area contributed by atoms with Crippen molar-refractivity contribution in [1.82, 2.24) is 4.98 Å². The van der Waals surface area contributed by atoms with Crippen LogP contribution in [0.2, 0.25) is 5.15 Å². The summed E-state index contributed by atoms with van der Waals surface area (Å²) in [5, 5.41) is 0.213. The molecule has 2 nitrogen and oxygen atoms in total. The Labute approximate surface area is 96.0 Å². The van der Waals surface area contributed by atoms with Crippen LogP contribution in [-0.4, -0.2) is 23.7 Å². The van der Waals surface area contributed by atoms with Crippen molar-refractivity contribution in [3.8, 4) is 0 Å². The number of aromatic nitrogens is 1. The van der Waals surface area contributed by atoms with Crippen LogP contribution in [0.5, 0.6) is 0 Å². The summed E-state index contributed by atoms with van der Waals surface area (Å²) in [6, 6.07) is 3.00. The predicted molar refractivity (Wildman–Crippen MR) is 55.7 cm³/mol. The summed E-state index contributed by atoms with van der Waals surface area (Å²) in [6.07, 6.45) is -1.17. The zero-order valence-electron chi connectivity index (χ0n) is 8.34. The van der Waals surface area contributed by atoms with Gasteiger partial charge in [-0.3, -0.25) is 0 Å². The average molecular weight is 251 g/mol. The van der Waals surface area contributed by atoms with Crippen LogP contribution in [0.3, 0.4) is 0 Å². The van der Waals surface area contributed by atoms with Crippen LogP contribution in [-0.2, 0) is 0 Å². The standard InChI is InChI=1S/C10H10ClF3N2/c11-9-5-8(3-4-15-9)16(7-1-2-7)6-10(12,13)14/h3-5,7H,1-2,6H2. The highest BCUT2D eigenvalue weighted by Crippen LogP contribution is 2.34. The van der Waals surface area contributed by atoms with Crippen molar-refractivity contribution >= 4 is 17.3 Å². The Balaban J connectivity index is 2.19. The molecule has 1 heterocycles. The van der Waals surface area contributed by atoms with Crippen LogP contribution in [0.25, 0.3) is 0 Å². The topological polar surface area (TPSA) is 16.1 Å². The van der Waals surface area contributed by atoms with Crippen LogP contribution >= 0.6 is 11.6 Å². The van der Waals surface area contributed by atoms with Gasteiger partial charge in [-0.1, -0.05) is 11.6 Å². The molecule has 1 aromatic heterocycles. The highest BCUT2D eigenvalue weighted by Gasteiger charge is 2.38. The summed E-state index contributed by atoms with van der Waals surface area (Å²) in [5.41, 5.74) is 0.486.